The third-order valence-corrected chi connectivity index (χ3v) is 4.17. The summed E-state index contributed by atoms with van der Waals surface area (Å²) < 4.78 is 11.4. The van der Waals surface area contributed by atoms with Gasteiger partial charge in [-0.15, -0.1) is 12.4 Å². The molecule has 21 heavy (non-hydrogen) atoms. The molecule has 0 aromatic heterocycles. The maximum atomic E-state index is 12.2. The van der Waals surface area contributed by atoms with Gasteiger partial charge in [0.25, 0.3) is 0 Å². The molecular formula is C15H29ClN2O3. The van der Waals surface area contributed by atoms with Crippen molar-refractivity contribution in [1.29, 1.82) is 0 Å². The molecule has 2 rings (SSSR count). The Hall–Kier alpha value is -0.360. The van der Waals surface area contributed by atoms with E-state index in [4.69, 9.17) is 15.2 Å². The Labute approximate surface area is 133 Å². The number of carbonyl (C=O) groups is 1. The highest BCUT2D eigenvalue weighted by atomic mass is 35.5. The minimum Gasteiger partial charge on any atom is -0.378 e. The summed E-state index contributed by atoms with van der Waals surface area (Å²) in [7, 11) is 0. The van der Waals surface area contributed by atoms with Crippen molar-refractivity contribution >= 4 is 18.3 Å². The fourth-order valence-corrected chi connectivity index (χ4v) is 2.90. The van der Waals surface area contributed by atoms with Gasteiger partial charge >= 0.3 is 0 Å². The predicted octanol–water partition coefficient (Wildman–Crippen LogP) is 1.72. The van der Waals surface area contributed by atoms with Gasteiger partial charge in [-0.25, -0.2) is 0 Å². The average molecular weight is 321 g/mol. The fourth-order valence-electron chi connectivity index (χ4n) is 2.90. The molecule has 0 bridgehead atoms. The monoisotopic (exact) mass is 320 g/mol. The van der Waals surface area contributed by atoms with E-state index >= 15 is 0 Å². The first-order valence-electron chi connectivity index (χ1n) is 8.00. The number of nitrogens with zero attached hydrogens (tertiary/aromatic N) is 1. The zero-order valence-corrected chi connectivity index (χ0v) is 13.6. The lowest BCUT2D eigenvalue weighted by atomic mass is 10.0. The second-order valence-corrected chi connectivity index (χ2v) is 5.79. The summed E-state index contributed by atoms with van der Waals surface area (Å²) in [6.45, 7) is 3.87. The topological polar surface area (TPSA) is 64.8 Å². The molecule has 6 heteroatoms. The van der Waals surface area contributed by atoms with Crippen molar-refractivity contribution in [3.8, 4) is 0 Å². The van der Waals surface area contributed by atoms with E-state index in [-0.39, 0.29) is 24.4 Å². The number of hydrogen-bond acceptors (Lipinski definition) is 4. The molecule has 1 atom stereocenters. The number of likely N-dealkylation sites (tertiary alicyclic amines) is 1. The summed E-state index contributed by atoms with van der Waals surface area (Å²) >= 11 is 0. The van der Waals surface area contributed by atoms with E-state index in [2.05, 4.69) is 0 Å². The number of hydrogen-bond donors (Lipinski definition) is 1. The molecule has 0 saturated carbocycles. The summed E-state index contributed by atoms with van der Waals surface area (Å²) in [6.07, 6.45) is 7.17. The average Bonchev–Trinajstić information content (AvgIpc) is 2.49. The third kappa shape index (κ3) is 6.51. The van der Waals surface area contributed by atoms with E-state index in [1.54, 1.807) is 0 Å². The van der Waals surface area contributed by atoms with Crippen molar-refractivity contribution in [3.05, 3.63) is 0 Å². The van der Waals surface area contributed by atoms with Crippen molar-refractivity contribution in [2.45, 2.75) is 57.2 Å². The summed E-state index contributed by atoms with van der Waals surface area (Å²) in [5, 5.41) is 0. The molecular weight excluding hydrogens is 292 g/mol. The van der Waals surface area contributed by atoms with Crippen LogP contribution in [0.15, 0.2) is 0 Å². The first kappa shape index (κ1) is 18.7. The molecule has 0 aromatic carbocycles. The Balaban J connectivity index is 0.00000220. The molecule has 2 saturated heterocycles. The van der Waals surface area contributed by atoms with Gasteiger partial charge < -0.3 is 20.1 Å². The molecule has 0 radical (unpaired) electrons. The molecule has 1 unspecified atom stereocenters. The molecule has 0 aromatic rings. The minimum absolute atomic E-state index is 0. The zero-order valence-electron chi connectivity index (χ0n) is 12.8. The molecule has 2 aliphatic heterocycles. The van der Waals surface area contributed by atoms with E-state index in [0.717, 1.165) is 58.4 Å². The zero-order chi connectivity index (χ0) is 14.2. The van der Waals surface area contributed by atoms with E-state index in [9.17, 15) is 4.79 Å². The SMILES string of the molecule is Cl.NCCCOC1CCN(C(=O)CC2CCCCO2)CC1. The summed E-state index contributed by atoms with van der Waals surface area (Å²) in [4.78, 5) is 14.2. The Morgan fingerprint density at radius 3 is 2.62 bits per heavy atom. The van der Waals surface area contributed by atoms with Crippen molar-refractivity contribution in [2.24, 2.45) is 5.73 Å². The number of amides is 1. The van der Waals surface area contributed by atoms with E-state index in [0.29, 0.717) is 19.1 Å². The van der Waals surface area contributed by atoms with Crippen LogP contribution in [0.3, 0.4) is 0 Å². The first-order chi connectivity index (χ1) is 9.79. The van der Waals surface area contributed by atoms with Gasteiger partial charge in [-0.2, -0.15) is 0 Å². The van der Waals surface area contributed by atoms with Crippen LogP contribution in [-0.2, 0) is 14.3 Å². The second-order valence-electron chi connectivity index (χ2n) is 5.79. The maximum absolute atomic E-state index is 12.2. The van der Waals surface area contributed by atoms with Crippen LogP contribution >= 0.6 is 12.4 Å². The number of ether oxygens (including phenoxy) is 2. The largest absolute Gasteiger partial charge is 0.378 e. The summed E-state index contributed by atoms with van der Waals surface area (Å²) in [5.41, 5.74) is 5.45. The molecule has 5 nitrogen and oxygen atoms in total. The van der Waals surface area contributed by atoms with Crippen molar-refractivity contribution in [3.63, 3.8) is 0 Å². The van der Waals surface area contributed by atoms with Gasteiger partial charge in [0, 0.05) is 26.3 Å². The van der Waals surface area contributed by atoms with Gasteiger partial charge in [0.15, 0.2) is 0 Å². The smallest absolute Gasteiger partial charge is 0.225 e. The van der Waals surface area contributed by atoms with E-state index < -0.39 is 0 Å². The van der Waals surface area contributed by atoms with Crippen LogP contribution in [0, 0.1) is 0 Å². The Kier molecular flexibility index (Phi) is 9.24. The second kappa shape index (κ2) is 10.4. The fraction of sp³-hybridized carbons (Fsp3) is 0.933. The van der Waals surface area contributed by atoms with Crippen LogP contribution in [0.5, 0.6) is 0 Å². The van der Waals surface area contributed by atoms with Crippen molar-refractivity contribution in [1.82, 2.24) is 4.90 Å². The highest BCUT2D eigenvalue weighted by molar-refractivity contribution is 5.85. The molecule has 0 aliphatic carbocycles. The lowest BCUT2D eigenvalue weighted by Crippen LogP contribution is -2.42. The number of halogens is 1. The highest BCUT2D eigenvalue weighted by Crippen LogP contribution is 2.19. The van der Waals surface area contributed by atoms with Gasteiger partial charge in [-0.1, -0.05) is 0 Å². The molecule has 2 aliphatic rings. The van der Waals surface area contributed by atoms with Gasteiger partial charge in [-0.3, -0.25) is 4.79 Å². The number of carbonyl (C=O) groups excluding carboxylic acids is 1. The molecule has 2 fully saturated rings. The minimum atomic E-state index is 0. The Morgan fingerprint density at radius 2 is 2.00 bits per heavy atom. The quantitative estimate of drug-likeness (QED) is 0.757. The first-order valence-corrected chi connectivity index (χ1v) is 8.00. The van der Waals surface area contributed by atoms with Crippen LogP contribution < -0.4 is 5.73 Å². The van der Waals surface area contributed by atoms with Gasteiger partial charge in [-0.05, 0) is 45.1 Å². The lowest BCUT2D eigenvalue weighted by Gasteiger charge is -2.33. The Bertz CT molecular complexity index is 291. The molecule has 0 spiro atoms. The van der Waals surface area contributed by atoms with Crippen LogP contribution in [-0.4, -0.2) is 55.9 Å². The van der Waals surface area contributed by atoms with E-state index in [1.165, 1.54) is 6.42 Å². The summed E-state index contributed by atoms with van der Waals surface area (Å²) in [6, 6.07) is 0. The van der Waals surface area contributed by atoms with E-state index in [1.807, 2.05) is 4.90 Å². The molecule has 2 N–H and O–H groups in total. The van der Waals surface area contributed by atoms with Crippen LogP contribution in [0.4, 0.5) is 0 Å². The van der Waals surface area contributed by atoms with Crippen molar-refractivity contribution < 1.29 is 14.3 Å². The van der Waals surface area contributed by atoms with Crippen LogP contribution in [0.1, 0.15) is 44.9 Å². The Morgan fingerprint density at radius 1 is 1.24 bits per heavy atom. The van der Waals surface area contributed by atoms with Crippen LogP contribution in [0.25, 0.3) is 0 Å². The van der Waals surface area contributed by atoms with Gasteiger partial charge in [0.05, 0.1) is 18.6 Å². The number of rotatable bonds is 6. The predicted molar refractivity (Wildman–Crippen MR) is 84.7 cm³/mol. The van der Waals surface area contributed by atoms with Crippen molar-refractivity contribution in [2.75, 3.05) is 32.8 Å². The number of piperidine rings is 1. The maximum Gasteiger partial charge on any atom is 0.225 e. The third-order valence-electron chi connectivity index (χ3n) is 4.17. The standard InChI is InChI=1S/C15H28N2O3.ClH/c16-7-3-11-19-13-5-8-17(9-6-13)15(18)12-14-4-1-2-10-20-14;/h13-14H,1-12,16H2;1H. The highest BCUT2D eigenvalue weighted by Gasteiger charge is 2.26. The van der Waals surface area contributed by atoms with Gasteiger partial charge in [0.1, 0.15) is 0 Å². The molecule has 124 valence electrons. The molecule has 1 amide bonds. The normalized spacial score (nSPS) is 23.7. The summed E-state index contributed by atoms with van der Waals surface area (Å²) in [5.74, 6) is 0.248. The number of nitrogens with two attached hydrogens (primary N) is 1. The van der Waals surface area contributed by atoms with Gasteiger partial charge in [0.2, 0.25) is 5.91 Å². The molecule has 2 heterocycles. The van der Waals surface area contributed by atoms with Crippen LogP contribution in [0.2, 0.25) is 0 Å². The lowest BCUT2D eigenvalue weighted by molar-refractivity contribution is -0.137.